The van der Waals surface area contributed by atoms with Gasteiger partial charge in [0.2, 0.25) is 15.9 Å². The van der Waals surface area contributed by atoms with Gasteiger partial charge in [-0.1, -0.05) is 42.1 Å². The molecule has 0 unspecified atom stereocenters. The Bertz CT molecular complexity index is 1400. The highest BCUT2D eigenvalue weighted by molar-refractivity contribution is 8.00. The van der Waals surface area contributed by atoms with Crippen molar-refractivity contribution in [2.75, 3.05) is 19.4 Å². The molecule has 7 nitrogen and oxygen atoms in total. The van der Waals surface area contributed by atoms with E-state index in [1.54, 1.807) is 30.4 Å². The quantitative estimate of drug-likeness (QED) is 0.293. The number of rotatable bonds is 7. The molecule has 0 saturated carbocycles. The standard InChI is InChI=1S/C23H22N4O3S3/c1-15(22(28)24-16-8-6-9-17(14-16)33(29,30)27(2)3)32-23-18-10-4-5-11-19(18)25-21(26-23)20-12-7-13-31-20/h4-15H,1-3H3,(H,24,28)/t15-/m1/s1. The summed E-state index contributed by atoms with van der Waals surface area (Å²) in [5.74, 6) is 0.375. The first-order valence-corrected chi connectivity index (χ1v) is 13.3. The second-order valence-electron chi connectivity index (χ2n) is 7.41. The summed E-state index contributed by atoms with van der Waals surface area (Å²) >= 11 is 2.90. The summed E-state index contributed by atoms with van der Waals surface area (Å²) in [4.78, 5) is 23.4. The lowest BCUT2D eigenvalue weighted by atomic mass is 10.2. The molecule has 2 heterocycles. The third kappa shape index (κ3) is 5.09. The molecule has 0 radical (unpaired) electrons. The maximum Gasteiger partial charge on any atom is 0.242 e. The van der Waals surface area contributed by atoms with Gasteiger partial charge in [-0.2, -0.15) is 0 Å². The summed E-state index contributed by atoms with van der Waals surface area (Å²) in [6.07, 6.45) is 0. The molecule has 0 aliphatic rings. The normalized spacial score (nSPS) is 12.7. The summed E-state index contributed by atoms with van der Waals surface area (Å²) < 4.78 is 25.9. The molecule has 4 aromatic rings. The van der Waals surface area contributed by atoms with E-state index in [-0.39, 0.29) is 10.8 Å². The first-order valence-electron chi connectivity index (χ1n) is 10.1. The van der Waals surface area contributed by atoms with Crippen molar-refractivity contribution in [3.8, 4) is 10.7 Å². The van der Waals surface area contributed by atoms with Gasteiger partial charge >= 0.3 is 0 Å². The molecule has 0 fully saturated rings. The Balaban J connectivity index is 1.58. The molecular formula is C23H22N4O3S3. The highest BCUT2D eigenvalue weighted by Gasteiger charge is 2.21. The highest BCUT2D eigenvalue weighted by atomic mass is 32.2. The van der Waals surface area contributed by atoms with Crippen LogP contribution in [-0.2, 0) is 14.8 Å². The Morgan fingerprint density at radius 1 is 1.06 bits per heavy atom. The molecule has 0 aliphatic carbocycles. The highest BCUT2D eigenvalue weighted by Crippen LogP contribution is 2.32. The molecule has 1 amide bonds. The van der Waals surface area contributed by atoms with Crippen molar-refractivity contribution in [2.45, 2.75) is 22.1 Å². The van der Waals surface area contributed by atoms with Crippen LogP contribution in [0.25, 0.3) is 21.6 Å². The number of nitrogens with one attached hydrogen (secondary N) is 1. The molecule has 1 atom stereocenters. The van der Waals surface area contributed by atoms with Crippen LogP contribution in [0.3, 0.4) is 0 Å². The molecule has 2 aromatic carbocycles. The van der Waals surface area contributed by atoms with Gasteiger partial charge in [-0.15, -0.1) is 11.3 Å². The summed E-state index contributed by atoms with van der Waals surface area (Å²) in [5, 5.41) is 5.91. The zero-order valence-electron chi connectivity index (χ0n) is 18.2. The average Bonchev–Trinajstić information content (AvgIpc) is 3.34. The molecule has 170 valence electrons. The van der Waals surface area contributed by atoms with Crippen LogP contribution >= 0.6 is 23.1 Å². The first-order chi connectivity index (χ1) is 15.8. The van der Waals surface area contributed by atoms with Crippen LogP contribution in [0.5, 0.6) is 0 Å². The SMILES string of the molecule is C[C@@H](Sc1nc(-c2cccs2)nc2ccccc12)C(=O)Nc1cccc(S(=O)(=O)N(C)C)c1. The van der Waals surface area contributed by atoms with E-state index in [1.807, 2.05) is 41.8 Å². The Hall–Kier alpha value is -2.79. The number of hydrogen-bond acceptors (Lipinski definition) is 7. The fourth-order valence-electron chi connectivity index (χ4n) is 3.06. The number of amides is 1. The topological polar surface area (TPSA) is 92.3 Å². The van der Waals surface area contributed by atoms with Gasteiger partial charge < -0.3 is 5.32 Å². The van der Waals surface area contributed by atoms with Crippen molar-refractivity contribution in [2.24, 2.45) is 0 Å². The number of thioether (sulfide) groups is 1. The second-order valence-corrected chi connectivity index (χ2v) is 11.8. The Kier molecular flexibility index (Phi) is 6.80. The maximum atomic E-state index is 12.9. The lowest BCUT2D eigenvalue weighted by molar-refractivity contribution is -0.115. The van der Waals surface area contributed by atoms with E-state index in [1.165, 1.54) is 38.0 Å². The number of carbonyl (C=O) groups excluding carboxylic acids is 1. The molecular weight excluding hydrogens is 476 g/mol. The molecule has 2 aromatic heterocycles. The van der Waals surface area contributed by atoms with Gasteiger partial charge in [0.1, 0.15) is 5.03 Å². The van der Waals surface area contributed by atoms with Crippen LogP contribution in [0.15, 0.2) is 76.0 Å². The van der Waals surface area contributed by atoms with Gasteiger partial charge in [-0.25, -0.2) is 22.7 Å². The minimum Gasteiger partial charge on any atom is -0.325 e. The number of para-hydroxylation sites is 1. The Morgan fingerprint density at radius 2 is 1.85 bits per heavy atom. The van der Waals surface area contributed by atoms with Gasteiger partial charge in [-0.05, 0) is 42.6 Å². The minimum absolute atomic E-state index is 0.119. The summed E-state index contributed by atoms with van der Waals surface area (Å²) in [6, 6.07) is 17.9. The number of carbonyl (C=O) groups is 1. The van der Waals surface area contributed by atoms with Crippen LogP contribution < -0.4 is 5.32 Å². The van der Waals surface area contributed by atoms with Gasteiger partial charge in [0.25, 0.3) is 0 Å². The van der Waals surface area contributed by atoms with E-state index >= 15 is 0 Å². The maximum absolute atomic E-state index is 12.9. The zero-order valence-corrected chi connectivity index (χ0v) is 20.7. The van der Waals surface area contributed by atoms with Crippen molar-refractivity contribution >= 4 is 55.6 Å². The van der Waals surface area contributed by atoms with E-state index in [2.05, 4.69) is 10.3 Å². The van der Waals surface area contributed by atoms with E-state index in [9.17, 15) is 13.2 Å². The number of thiophene rings is 1. The van der Waals surface area contributed by atoms with Crippen molar-refractivity contribution in [1.29, 1.82) is 0 Å². The zero-order chi connectivity index (χ0) is 23.6. The average molecular weight is 499 g/mol. The second kappa shape index (κ2) is 9.60. The summed E-state index contributed by atoms with van der Waals surface area (Å²) in [5.41, 5.74) is 1.23. The Morgan fingerprint density at radius 3 is 2.58 bits per heavy atom. The van der Waals surface area contributed by atoms with Crippen LogP contribution in [0, 0.1) is 0 Å². The molecule has 33 heavy (non-hydrogen) atoms. The number of aromatic nitrogens is 2. The van der Waals surface area contributed by atoms with Gasteiger partial charge in [0.15, 0.2) is 5.82 Å². The number of hydrogen-bond donors (Lipinski definition) is 1. The van der Waals surface area contributed by atoms with Gasteiger partial charge in [0, 0.05) is 25.2 Å². The number of sulfonamides is 1. The largest absolute Gasteiger partial charge is 0.325 e. The molecule has 1 N–H and O–H groups in total. The monoisotopic (exact) mass is 498 g/mol. The molecule has 0 spiro atoms. The Labute approximate surface area is 200 Å². The molecule has 10 heteroatoms. The van der Waals surface area contributed by atoms with E-state index < -0.39 is 15.3 Å². The third-order valence-corrected chi connectivity index (χ3v) is 8.63. The van der Waals surface area contributed by atoms with Crippen molar-refractivity contribution in [3.05, 3.63) is 66.0 Å². The number of nitrogens with zero attached hydrogens (tertiary/aromatic N) is 3. The van der Waals surface area contributed by atoms with Gasteiger partial charge in [0.05, 0.1) is 20.5 Å². The number of anilines is 1. The smallest absolute Gasteiger partial charge is 0.242 e. The minimum atomic E-state index is -3.59. The van der Waals surface area contributed by atoms with E-state index in [0.29, 0.717) is 11.5 Å². The van der Waals surface area contributed by atoms with Crippen LogP contribution in [0.1, 0.15) is 6.92 Å². The third-order valence-electron chi connectivity index (χ3n) is 4.85. The molecule has 0 bridgehead atoms. The number of fused-ring (bicyclic) bond motifs is 1. The van der Waals surface area contributed by atoms with Crippen molar-refractivity contribution in [3.63, 3.8) is 0 Å². The summed E-state index contributed by atoms with van der Waals surface area (Å²) in [6.45, 7) is 1.79. The van der Waals surface area contributed by atoms with Crippen LogP contribution in [0.4, 0.5) is 5.69 Å². The molecule has 0 aliphatic heterocycles. The van der Waals surface area contributed by atoms with Gasteiger partial charge in [-0.3, -0.25) is 4.79 Å². The van der Waals surface area contributed by atoms with E-state index in [0.717, 1.165) is 25.1 Å². The van der Waals surface area contributed by atoms with Crippen LogP contribution in [0.2, 0.25) is 0 Å². The van der Waals surface area contributed by atoms with E-state index in [4.69, 9.17) is 4.98 Å². The number of benzene rings is 2. The lowest BCUT2D eigenvalue weighted by Crippen LogP contribution is -2.24. The molecule has 4 rings (SSSR count). The van der Waals surface area contributed by atoms with Crippen molar-refractivity contribution < 1.29 is 13.2 Å². The predicted octanol–water partition coefficient (Wildman–Crippen LogP) is 4.73. The first kappa shape index (κ1) is 23.4. The van der Waals surface area contributed by atoms with Crippen molar-refractivity contribution in [1.82, 2.24) is 14.3 Å². The fourth-order valence-corrected chi connectivity index (χ4v) is 5.61. The lowest BCUT2D eigenvalue weighted by Gasteiger charge is -2.15. The predicted molar refractivity (Wildman–Crippen MR) is 134 cm³/mol. The summed E-state index contributed by atoms with van der Waals surface area (Å²) in [7, 11) is -0.658. The van der Waals surface area contributed by atoms with Crippen LogP contribution in [-0.4, -0.2) is 47.9 Å². The molecule has 0 saturated heterocycles. The fraction of sp³-hybridized carbons (Fsp3) is 0.174.